The zero-order chi connectivity index (χ0) is 26.3. The van der Waals surface area contributed by atoms with Crippen LogP contribution < -0.4 is 18.9 Å². The van der Waals surface area contributed by atoms with Gasteiger partial charge in [0.2, 0.25) is 5.75 Å². The van der Waals surface area contributed by atoms with Crippen LogP contribution in [0.15, 0.2) is 36.4 Å². The number of para-hydroxylation sites is 1. The van der Waals surface area contributed by atoms with E-state index < -0.39 is 0 Å². The summed E-state index contributed by atoms with van der Waals surface area (Å²) in [6.45, 7) is 4.18. The predicted molar refractivity (Wildman–Crippen MR) is 138 cm³/mol. The van der Waals surface area contributed by atoms with E-state index in [9.17, 15) is 4.79 Å². The number of fused-ring (bicyclic) bond motifs is 3. The number of carbonyl (C=O) groups is 1. The minimum Gasteiger partial charge on any atom is -0.496 e. The number of benzene rings is 2. The molecule has 0 N–H and O–H groups in total. The second kappa shape index (κ2) is 9.72. The van der Waals surface area contributed by atoms with Crippen molar-refractivity contribution in [2.75, 3.05) is 28.4 Å². The molecular formula is C28H30N4O5. The van der Waals surface area contributed by atoms with Crippen molar-refractivity contribution in [2.45, 2.75) is 38.5 Å². The summed E-state index contributed by atoms with van der Waals surface area (Å²) in [5, 5.41) is 13.9. The average Bonchev–Trinajstić information content (AvgIpc) is 3.32. The van der Waals surface area contributed by atoms with Crippen molar-refractivity contribution in [3.05, 3.63) is 59.0 Å². The van der Waals surface area contributed by atoms with Crippen LogP contribution in [0.3, 0.4) is 0 Å². The predicted octanol–water partition coefficient (Wildman–Crippen LogP) is 4.86. The van der Waals surface area contributed by atoms with Crippen LogP contribution in [0.4, 0.5) is 0 Å². The molecular weight excluding hydrogens is 472 g/mol. The van der Waals surface area contributed by atoms with Crippen LogP contribution in [0.5, 0.6) is 23.0 Å². The van der Waals surface area contributed by atoms with Gasteiger partial charge in [0, 0.05) is 12.0 Å². The van der Waals surface area contributed by atoms with Gasteiger partial charge >= 0.3 is 0 Å². The van der Waals surface area contributed by atoms with E-state index in [1.807, 2.05) is 36.4 Å². The molecule has 0 radical (unpaired) electrons. The summed E-state index contributed by atoms with van der Waals surface area (Å²) in [5.74, 6) is 2.25. The van der Waals surface area contributed by atoms with E-state index in [0.717, 1.165) is 33.8 Å². The van der Waals surface area contributed by atoms with Crippen LogP contribution in [-0.4, -0.2) is 54.0 Å². The maximum atomic E-state index is 13.3. The lowest BCUT2D eigenvalue weighted by molar-refractivity contribution is 0.0955. The van der Waals surface area contributed by atoms with Gasteiger partial charge in [-0.3, -0.25) is 4.79 Å². The molecule has 1 aliphatic carbocycles. The first kappa shape index (κ1) is 24.5. The molecule has 1 aliphatic rings. The second-order valence-corrected chi connectivity index (χ2v) is 9.33. The summed E-state index contributed by atoms with van der Waals surface area (Å²) in [6.07, 6.45) is 0.847. The molecule has 2 aromatic heterocycles. The largest absolute Gasteiger partial charge is 0.496 e. The fourth-order valence-corrected chi connectivity index (χ4v) is 5.07. The number of aromatic nitrogens is 4. The molecule has 9 heteroatoms. The van der Waals surface area contributed by atoms with E-state index in [1.54, 1.807) is 33.0 Å². The fourth-order valence-electron chi connectivity index (χ4n) is 5.07. The highest BCUT2D eigenvalue weighted by atomic mass is 16.5. The van der Waals surface area contributed by atoms with E-state index in [-0.39, 0.29) is 17.6 Å². The number of ketones is 1. The van der Waals surface area contributed by atoms with Gasteiger partial charge in [0.15, 0.2) is 28.6 Å². The molecule has 0 saturated heterocycles. The van der Waals surface area contributed by atoms with Crippen LogP contribution in [0.1, 0.15) is 59.5 Å². The Balaban J connectivity index is 1.68. The van der Waals surface area contributed by atoms with E-state index in [0.29, 0.717) is 41.4 Å². The van der Waals surface area contributed by atoms with Crippen LogP contribution in [0.25, 0.3) is 16.8 Å². The molecule has 0 aliphatic heterocycles. The van der Waals surface area contributed by atoms with Gasteiger partial charge in [0.05, 0.1) is 45.4 Å². The highest BCUT2D eigenvalue weighted by Gasteiger charge is 2.33. The fraction of sp³-hybridized carbons (Fsp3) is 0.357. The maximum absolute atomic E-state index is 13.3. The smallest absolute Gasteiger partial charge is 0.203 e. The molecule has 0 bridgehead atoms. The average molecular weight is 503 g/mol. The van der Waals surface area contributed by atoms with Gasteiger partial charge in [-0.25, -0.2) is 4.52 Å². The Kier molecular flexibility index (Phi) is 6.45. The minimum absolute atomic E-state index is 0.0742. The van der Waals surface area contributed by atoms with Gasteiger partial charge in [-0.05, 0) is 42.0 Å². The van der Waals surface area contributed by atoms with Crippen molar-refractivity contribution in [3.8, 4) is 34.1 Å². The Morgan fingerprint density at radius 1 is 0.892 bits per heavy atom. The molecule has 192 valence electrons. The quantitative estimate of drug-likeness (QED) is 0.353. The Morgan fingerprint density at radius 2 is 1.57 bits per heavy atom. The zero-order valence-corrected chi connectivity index (χ0v) is 21.9. The van der Waals surface area contributed by atoms with E-state index >= 15 is 0 Å². The van der Waals surface area contributed by atoms with Crippen molar-refractivity contribution in [1.82, 2.24) is 19.8 Å². The first-order valence-corrected chi connectivity index (χ1v) is 12.2. The Bertz CT molecular complexity index is 1470. The van der Waals surface area contributed by atoms with E-state index in [4.69, 9.17) is 24.0 Å². The third-order valence-corrected chi connectivity index (χ3v) is 6.88. The summed E-state index contributed by atoms with van der Waals surface area (Å²) < 4.78 is 24.0. The molecule has 4 aromatic rings. The first-order chi connectivity index (χ1) is 17.9. The standard InChI is InChI=1S/C28H30N4O5/c1-15(2)25-24(18-9-7-8-10-21(18)34-3)28-30-29-26-19(32(28)31-25)11-16(12-20(26)33)17-13-22(35-4)27(37-6)23(14-17)36-5/h7-10,13-16H,11-12H2,1-6H3/t16-/m1/s1. The molecule has 2 heterocycles. The maximum Gasteiger partial charge on any atom is 0.203 e. The van der Waals surface area contributed by atoms with Crippen LogP contribution in [0, 0.1) is 0 Å². The first-order valence-electron chi connectivity index (χ1n) is 12.2. The molecule has 0 spiro atoms. The zero-order valence-electron chi connectivity index (χ0n) is 21.9. The number of carbonyl (C=O) groups excluding carboxylic acids is 1. The van der Waals surface area contributed by atoms with Gasteiger partial charge in [-0.15, -0.1) is 10.2 Å². The van der Waals surface area contributed by atoms with Gasteiger partial charge in [0.25, 0.3) is 0 Å². The highest BCUT2D eigenvalue weighted by Crippen LogP contribution is 2.43. The van der Waals surface area contributed by atoms with Gasteiger partial charge in [0.1, 0.15) is 5.75 Å². The van der Waals surface area contributed by atoms with Crippen molar-refractivity contribution in [1.29, 1.82) is 0 Å². The summed E-state index contributed by atoms with van der Waals surface area (Å²) >= 11 is 0. The topological polar surface area (TPSA) is 97.1 Å². The SMILES string of the molecule is COc1ccccc1-c1c(C(C)C)nn2c3c(nnc12)C(=O)C[C@H](c1cc(OC)c(OC)c(OC)c1)C3. The van der Waals surface area contributed by atoms with Crippen LogP contribution in [-0.2, 0) is 6.42 Å². The lowest BCUT2D eigenvalue weighted by Gasteiger charge is -2.24. The van der Waals surface area contributed by atoms with Crippen LogP contribution >= 0.6 is 0 Å². The monoisotopic (exact) mass is 502 g/mol. The molecule has 9 nitrogen and oxygen atoms in total. The lowest BCUT2D eigenvalue weighted by Crippen LogP contribution is -2.24. The Morgan fingerprint density at radius 3 is 2.19 bits per heavy atom. The lowest BCUT2D eigenvalue weighted by atomic mass is 9.83. The Labute approximate surface area is 215 Å². The second-order valence-electron chi connectivity index (χ2n) is 9.33. The van der Waals surface area contributed by atoms with Crippen molar-refractivity contribution >= 4 is 11.4 Å². The number of hydrogen-bond donors (Lipinski definition) is 0. The highest BCUT2D eigenvalue weighted by molar-refractivity contribution is 5.97. The normalized spacial score (nSPS) is 15.1. The molecule has 37 heavy (non-hydrogen) atoms. The molecule has 0 unspecified atom stereocenters. The summed E-state index contributed by atoms with van der Waals surface area (Å²) in [6, 6.07) is 11.6. The van der Waals surface area contributed by atoms with Gasteiger partial charge in [-0.1, -0.05) is 32.0 Å². The van der Waals surface area contributed by atoms with Crippen LogP contribution in [0.2, 0.25) is 0 Å². The number of rotatable bonds is 7. The molecule has 1 atom stereocenters. The third-order valence-electron chi connectivity index (χ3n) is 6.88. The number of hydrogen-bond acceptors (Lipinski definition) is 8. The minimum atomic E-state index is -0.123. The summed E-state index contributed by atoms with van der Waals surface area (Å²) in [7, 11) is 6.38. The third kappa shape index (κ3) is 4.04. The van der Waals surface area contributed by atoms with E-state index in [2.05, 4.69) is 24.0 Å². The summed E-state index contributed by atoms with van der Waals surface area (Å²) in [4.78, 5) is 13.3. The molecule has 0 amide bonds. The van der Waals surface area contributed by atoms with Gasteiger partial charge in [-0.2, -0.15) is 5.10 Å². The van der Waals surface area contributed by atoms with Crippen molar-refractivity contribution in [3.63, 3.8) is 0 Å². The Hall–Kier alpha value is -4.14. The molecule has 0 fully saturated rings. The van der Waals surface area contributed by atoms with Crippen molar-refractivity contribution < 1.29 is 23.7 Å². The number of methoxy groups -OCH3 is 4. The van der Waals surface area contributed by atoms with Gasteiger partial charge < -0.3 is 18.9 Å². The van der Waals surface area contributed by atoms with E-state index in [1.165, 1.54) is 0 Å². The number of ether oxygens (including phenoxy) is 4. The number of Topliss-reactive ketones (excluding diaryl/α,β-unsaturated/α-hetero) is 1. The number of nitrogens with zero attached hydrogens (tertiary/aromatic N) is 4. The molecule has 0 saturated carbocycles. The van der Waals surface area contributed by atoms with Crippen molar-refractivity contribution in [2.24, 2.45) is 0 Å². The summed E-state index contributed by atoms with van der Waals surface area (Å²) in [5.41, 5.74) is 5.24. The molecule has 5 rings (SSSR count). The molecule has 2 aromatic carbocycles.